The lowest BCUT2D eigenvalue weighted by molar-refractivity contribution is 0.311. The normalized spacial score (nSPS) is 10.1. The molecule has 2 aromatic carbocycles. The molecule has 0 spiro atoms. The Hall–Kier alpha value is -3.39. The second-order valence-electron chi connectivity index (χ2n) is 6.76. The summed E-state index contributed by atoms with van der Waals surface area (Å²) in [4.78, 5) is 4.01. The Balaban J connectivity index is 0.000000222. The van der Waals surface area contributed by atoms with E-state index in [1.54, 1.807) is 25.4 Å². The molecular weight excluding hydrogens is 380 g/mol. The van der Waals surface area contributed by atoms with Gasteiger partial charge in [0.2, 0.25) is 0 Å². The molecule has 0 aliphatic carbocycles. The van der Waals surface area contributed by atoms with Crippen LogP contribution in [-0.2, 0) is 6.54 Å². The molecule has 0 aliphatic rings. The molecule has 30 heavy (non-hydrogen) atoms. The van der Waals surface area contributed by atoms with Gasteiger partial charge >= 0.3 is 0 Å². The van der Waals surface area contributed by atoms with Gasteiger partial charge in [-0.1, -0.05) is 0 Å². The summed E-state index contributed by atoms with van der Waals surface area (Å²) in [6.45, 7) is 4.58. The minimum atomic E-state index is 0.103. The van der Waals surface area contributed by atoms with Crippen LogP contribution in [0, 0.1) is 6.92 Å². The number of hydrogen-bond acceptors (Lipinski definition) is 7. The molecule has 1 aromatic heterocycles. The zero-order valence-electron chi connectivity index (χ0n) is 17.6. The van der Waals surface area contributed by atoms with Crippen molar-refractivity contribution in [3.63, 3.8) is 0 Å². The summed E-state index contributed by atoms with van der Waals surface area (Å²) in [7, 11) is 1.58. The minimum Gasteiger partial charge on any atom is -0.495 e. The van der Waals surface area contributed by atoms with Crippen LogP contribution in [0.2, 0.25) is 0 Å². The molecule has 0 radical (unpaired) electrons. The molecule has 3 aromatic rings. The summed E-state index contributed by atoms with van der Waals surface area (Å²) in [6, 6.07) is 11.4. The first-order valence-electron chi connectivity index (χ1n) is 9.87. The molecular formula is C22H32N6O2. The number of aliphatic hydroxyl groups is 1. The maximum absolute atomic E-state index is 8.58. The van der Waals surface area contributed by atoms with Gasteiger partial charge in [-0.05, 0) is 55.3 Å². The van der Waals surface area contributed by atoms with E-state index in [0.29, 0.717) is 18.0 Å². The number of ether oxygens (including phenoxy) is 1. The highest BCUT2D eigenvalue weighted by Crippen LogP contribution is 2.24. The third-order valence-electron chi connectivity index (χ3n) is 4.42. The number of aliphatic hydroxyl groups excluding tert-OH is 1. The Bertz CT molecular complexity index is 883. The highest BCUT2D eigenvalue weighted by Gasteiger charge is 1.99. The van der Waals surface area contributed by atoms with Gasteiger partial charge < -0.3 is 36.5 Å². The number of imidazole rings is 1. The molecule has 0 aliphatic heterocycles. The number of nitrogens with zero attached hydrogens (tertiary/aromatic N) is 2. The molecule has 8 nitrogen and oxygen atoms in total. The molecule has 0 atom stereocenters. The van der Waals surface area contributed by atoms with Crippen molar-refractivity contribution in [1.29, 1.82) is 0 Å². The molecule has 0 unspecified atom stereocenters. The molecule has 0 saturated carbocycles. The molecule has 162 valence electrons. The van der Waals surface area contributed by atoms with Crippen LogP contribution in [0.15, 0.2) is 55.1 Å². The Morgan fingerprint density at radius 3 is 2.40 bits per heavy atom. The molecule has 3 rings (SSSR count). The quantitative estimate of drug-likeness (QED) is 0.270. The van der Waals surface area contributed by atoms with Crippen LogP contribution >= 0.6 is 0 Å². The standard InChI is InChI=1S/C13H18N4.C9H14N2O2/c1-11-9-12(3-4-13(11)14)16-5-2-7-17-8-6-15-10-17;1-13-9-3-2-7(6-8(9)10)11-4-5-12/h3-4,6,8-10,16H,2,5,7,14H2,1H3;2-3,6,11-12H,4-5,10H2,1H3. The van der Waals surface area contributed by atoms with Crippen molar-refractivity contribution in [3.05, 3.63) is 60.7 Å². The van der Waals surface area contributed by atoms with E-state index in [2.05, 4.69) is 26.3 Å². The molecule has 7 N–H and O–H groups in total. The lowest BCUT2D eigenvalue weighted by Gasteiger charge is -2.08. The smallest absolute Gasteiger partial charge is 0.141 e. The van der Waals surface area contributed by atoms with Crippen molar-refractivity contribution < 1.29 is 9.84 Å². The summed E-state index contributed by atoms with van der Waals surface area (Å²) < 4.78 is 7.08. The Morgan fingerprint density at radius 2 is 1.77 bits per heavy atom. The van der Waals surface area contributed by atoms with Crippen molar-refractivity contribution in [2.75, 3.05) is 48.9 Å². The second-order valence-corrected chi connectivity index (χ2v) is 6.76. The Morgan fingerprint density at radius 1 is 1.03 bits per heavy atom. The second kappa shape index (κ2) is 12.2. The van der Waals surface area contributed by atoms with Crippen molar-refractivity contribution in [2.24, 2.45) is 0 Å². The minimum absolute atomic E-state index is 0.103. The molecule has 0 saturated heterocycles. The van der Waals surface area contributed by atoms with Crippen LogP contribution < -0.4 is 26.8 Å². The third kappa shape index (κ3) is 7.56. The molecule has 8 heteroatoms. The zero-order valence-corrected chi connectivity index (χ0v) is 17.6. The van der Waals surface area contributed by atoms with Gasteiger partial charge in [-0.2, -0.15) is 0 Å². The van der Waals surface area contributed by atoms with E-state index in [4.69, 9.17) is 21.3 Å². The van der Waals surface area contributed by atoms with Gasteiger partial charge in [-0.15, -0.1) is 0 Å². The number of benzene rings is 2. The van der Waals surface area contributed by atoms with Crippen LogP contribution in [0.3, 0.4) is 0 Å². The van der Waals surface area contributed by atoms with E-state index in [0.717, 1.165) is 42.1 Å². The van der Waals surface area contributed by atoms with Crippen LogP contribution in [0.1, 0.15) is 12.0 Å². The predicted octanol–water partition coefficient (Wildman–Crippen LogP) is 2.96. The van der Waals surface area contributed by atoms with Crippen LogP contribution in [0.25, 0.3) is 0 Å². The number of rotatable bonds is 9. The lowest BCUT2D eigenvalue weighted by Crippen LogP contribution is -2.06. The fraction of sp³-hybridized carbons (Fsp3) is 0.318. The fourth-order valence-electron chi connectivity index (χ4n) is 2.74. The summed E-state index contributed by atoms with van der Waals surface area (Å²) in [5, 5.41) is 15.0. The Labute approximate surface area is 177 Å². The highest BCUT2D eigenvalue weighted by molar-refractivity contribution is 5.62. The first-order chi connectivity index (χ1) is 14.5. The van der Waals surface area contributed by atoms with E-state index >= 15 is 0 Å². The van der Waals surface area contributed by atoms with E-state index < -0.39 is 0 Å². The number of aromatic nitrogens is 2. The zero-order chi connectivity index (χ0) is 21.8. The van der Waals surface area contributed by atoms with Crippen molar-refractivity contribution in [1.82, 2.24) is 9.55 Å². The number of nitrogen functional groups attached to an aromatic ring is 2. The van der Waals surface area contributed by atoms with Crippen LogP contribution in [-0.4, -0.2) is 41.5 Å². The van der Waals surface area contributed by atoms with Crippen LogP contribution in [0.4, 0.5) is 22.7 Å². The summed E-state index contributed by atoms with van der Waals surface area (Å²) in [5.74, 6) is 0.662. The van der Waals surface area contributed by atoms with Gasteiger partial charge in [-0.3, -0.25) is 0 Å². The van der Waals surface area contributed by atoms with Gasteiger partial charge in [0.15, 0.2) is 0 Å². The van der Waals surface area contributed by atoms with Crippen molar-refractivity contribution >= 4 is 22.7 Å². The number of nitrogens with one attached hydrogen (secondary N) is 2. The first kappa shape index (κ1) is 22.9. The van der Waals surface area contributed by atoms with Gasteiger partial charge in [0.1, 0.15) is 5.75 Å². The molecule has 0 amide bonds. The maximum atomic E-state index is 8.58. The highest BCUT2D eigenvalue weighted by atomic mass is 16.5. The summed E-state index contributed by atoms with van der Waals surface area (Å²) in [6.07, 6.45) is 6.69. The maximum Gasteiger partial charge on any atom is 0.141 e. The average molecular weight is 413 g/mol. The first-order valence-corrected chi connectivity index (χ1v) is 9.87. The number of nitrogens with two attached hydrogens (primary N) is 2. The fourth-order valence-corrected chi connectivity index (χ4v) is 2.74. The number of anilines is 4. The number of aryl methyl sites for hydroxylation is 2. The number of hydrogen-bond donors (Lipinski definition) is 5. The number of methoxy groups -OCH3 is 1. The van der Waals surface area contributed by atoms with Gasteiger partial charge in [0.25, 0.3) is 0 Å². The SMILES string of the molecule is COc1ccc(NCCO)cc1N.Cc1cc(NCCCn2ccnc2)ccc1N. The van der Waals surface area contributed by atoms with Gasteiger partial charge in [0.05, 0.1) is 25.7 Å². The van der Waals surface area contributed by atoms with Crippen molar-refractivity contribution in [3.8, 4) is 5.75 Å². The van der Waals surface area contributed by atoms with E-state index in [-0.39, 0.29) is 6.61 Å². The topological polar surface area (TPSA) is 123 Å². The van der Waals surface area contributed by atoms with E-state index in [1.165, 1.54) is 0 Å². The van der Waals surface area contributed by atoms with Gasteiger partial charge in [0, 0.05) is 49.1 Å². The largest absolute Gasteiger partial charge is 0.495 e. The lowest BCUT2D eigenvalue weighted by atomic mass is 10.2. The van der Waals surface area contributed by atoms with E-state index in [1.807, 2.05) is 37.6 Å². The molecule has 0 bridgehead atoms. The van der Waals surface area contributed by atoms with E-state index in [9.17, 15) is 0 Å². The van der Waals surface area contributed by atoms with Gasteiger partial charge in [-0.25, -0.2) is 4.98 Å². The summed E-state index contributed by atoms with van der Waals surface area (Å²) >= 11 is 0. The Kier molecular flexibility index (Phi) is 9.33. The predicted molar refractivity (Wildman–Crippen MR) is 124 cm³/mol. The monoisotopic (exact) mass is 412 g/mol. The summed E-state index contributed by atoms with van der Waals surface area (Å²) in [5.41, 5.74) is 16.0. The average Bonchev–Trinajstić information content (AvgIpc) is 3.26. The third-order valence-corrected chi connectivity index (χ3v) is 4.42. The van der Waals surface area contributed by atoms with Crippen molar-refractivity contribution in [2.45, 2.75) is 19.9 Å². The molecule has 1 heterocycles. The molecule has 0 fully saturated rings. The van der Waals surface area contributed by atoms with Crippen LogP contribution in [0.5, 0.6) is 5.75 Å².